The molecule has 0 saturated carbocycles. The van der Waals surface area contributed by atoms with E-state index in [4.69, 9.17) is 0 Å². The van der Waals surface area contributed by atoms with Gasteiger partial charge in [-0.05, 0) is 23.6 Å². The molecule has 2 amide bonds. The third-order valence-corrected chi connectivity index (χ3v) is 3.08. The fourth-order valence-corrected chi connectivity index (χ4v) is 1.92. The van der Waals surface area contributed by atoms with Gasteiger partial charge in [-0.25, -0.2) is 5.43 Å². The van der Waals surface area contributed by atoms with Crippen LogP contribution in [0.4, 0.5) is 0 Å². The van der Waals surface area contributed by atoms with E-state index < -0.39 is 0 Å². The van der Waals surface area contributed by atoms with Crippen LogP contribution in [0.2, 0.25) is 0 Å². The van der Waals surface area contributed by atoms with Gasteiger partial charge in [-0.1, -0.05) is 6.07 Å². The molecule has 6 nitrogen and oxygen atoms in total. The van der Waals surface area contributed by atoms with Crippen LogP contribution in [0.25, 0.3) is 0 Å². The molecule has 2 heterocycles. The summed E-state index contributed by atoms with van der Waals surface area (Å²) in [6, 6.07) is 6.92. The number of hydrazone groups is 1. The highest BCUT2D eigenvalue weighted by molar-refractivity contribution is 7.11. The highest BCUT2D eigenvalue weighted by atomic mass is 32.1. The van der Waals surface area contributed by atoms with Gasteiger partial charge >= 0.3 is 0 Å². The summed E-state index contributed by atoms with van der Waals surface area (Å²) in [6.07, 6.45) is 4.58. The summed E-state index contributed by atoms with van der Waals surface area (Å²) in [6.45, 7) is -0.136. The van der Waals surface area contributed by atoms with Gasteiger partial charge in [0.15, 0.2) is 0 Å². The summed E-state index contributed by atoms with van der Waals surface area (Å²) in [5.74, 6) is -0.718. The SMILES string of the molecule is O=C(CNC(=O)c1ccncc1)NN=Cc1cccs1. The first-order valence-electron chi connectivity index (χ1n) is 5.79. The second-order valence-corrected chi connectivity index (χ2v) is 4.71. The quantitative estimate of drug-likeness (QED) is 0.636. The Bertz CT molecular complexity index is 596. The van der Waals surface area contributed by atoms with Crippen molar-refractivity contribution in [2.24, 2.45) is 5.10 Å². The van der Waals surface area contributed by atoms with E-state index >= 15 is 0 Å². The van der Waals surface area contributed by atoms with E-state index in [1.54, 1.807) is 18.3 Å². The zero-order valence-electron chi connectivity index (χ0n) is 10.4. The van der Waals surface area contributed by atoms with Crippen molar-refractivity contribution in [3.8, 4) is 0 Å². The Balaban J connectivity index is 1.74. The van der Waals surface area contributed by atoms with Crippen LogP contribution in [0, 0.1) is 0 Å². The van der Waals surface area contributed by atoms with E-state index in [9.17, 15) is 9.59 Å². The molecule has 2 aromatic rings. The Kier molecular flexibility index (Phi) is 4.96. The Morgan fingerprint density at radius 3 is 2.80 bits per heavy atom. The molecule has 0 aliphatic carbocycles. The summed E-state index contributed by atoms with van der Waals surface area (Å²) in [7, 11) is 0. The van der Waals surface area contributed by atoms with Crippen LogP contribution in [-0.2, 0) is 4.79 Å². The minimum atomic E-state index is -0.389. The van der Waals surface area contributed by atoms with Crippen LogP contribution in [0.5, 0.6) is 0 Å². The molecule has 0 unspecified atom stereocenters. The number of hydrogen-bond acceptors (Lipinski definition) is 5. The van der Waals surface area contributed by atoms with Crippen molar-refractivity contribution in [3.63, 3.8) is 0 Å². The van der Waals surface area contributed by atoms with E-state index in [0.29, 0.717) is 5.56 Å². The van der Waals surface area contributed by atoms with Crippen molar-refractivity contribution in [1.82, 2.24) is 15.7 Å². The molecule has 7 heteroatoms. The van der Waals surface area contributed by atoms with Crippen molar-refractivity contribution in [2.75, 3.05) is 6.54 Å². The number of thiophene rings is 1. The van der Waals surface area contributed by atoms with Gasteiger partial charge in [-0.2, -0.15) is 5.10 Å². The summed E-state index contributed by atoms with van der Waals surface area (Å²) in [5, 5.41) is 8.20. The first-order valence-corrected chi connectivity index (χ1v) is 6.67. The maximum absolute atomic E-state index is 11.7. The number of nitrogens with one attached hydrogen (secondary N) is 2. The summed E-state index contributed by atoms with van der Waals surface area (Å²) in [4.78, 5) is 27.9. The standard InChI is InChI=1S/C13H12N4O2S/c18-12(17-16-8-11-2-1-7-20-11)9-15-13(19)10-3-5-14-6-4-10/h1-8H,9H2,(H,15,19)(H,17,18). The molecule has 102 valence electrons. The molecular weight excluding hydrogens is 276 g/mol. The zero-order valence-corrected chi connectivity index (χ0v) is 11.3. The van der Waals surface area contributed by atoms with Crippen molar-refractivity contribution < 1.29 is 9.59 Å². The van der Waals surface area contributed by atoms with Gasteiger partial charge in [0, 0.05) is 22.8 Å². The maximum Gasteiger partial charge on any atom is 0.259 e. The third kappa shape index (κ3) is 4.29. The fraction of sp³-hybridized carbons (Fsp3) is 0.0769. The second-order valence-electron chi connectivity index (χ2n) is 3.73. The molecule has 2 N–H and O–H groups in total. The molecule has 0 spiro atoms. The molecule has 0 aliphatic heterocycles. The largest absolute Gasteiger partial charge is 0.343 e. The minimum Gasteiger partial charge on any atom is -0.343 e. The zero-order chi connectivity index (χ0) is 14.2. The van der Waals surface area contributed by atoms with Gasteiger partial charge in [-0.15, -0.1) is 11.3 Å². The first kappa shape index (κ1) is 13.9. The average Bonchev–Trinajstić information content (AvgIpc) is 2.99. The number of rotatable bonds is 5. The number of amides is 2. The number of pyridine rings is 1. The van der Waals surface area contributed by atoms with Crippen LogP contribution >= 0.6 is 11.3 Å². The molecule has 0 radical (unpaired) electrons. The molecule has 0 aliphatic rings. The summed E-state index contributed by atoms with van der Waals surface area (Å²) >= 11 is 1.51. The molecule has 2 rings (SSSR count). The first-order chi connectivity index (χ1) is 9.75. The van der Waals surface area contributed by atoms with Crippen molar-refractivity contribution in [1.29, 1.82) is 0 Å². The van der Waals surface area contributed by atoms with E-state index in [1.807, 2.05) is 17.5 Å². The molecule has 2 aromatic heterocycles. The number of nitrogens with zero attached hydrogens (tertiary/aromatic N) is 2. The number of carbonyl (C=O) groups excluding carboxylic acids is 2. The predicted octanol–water partition coefficient (Wildman–Crippen LogP) is 1.02. The minimum absolute atomic E-state index is 0.136. The normalized spacial score (nSPS) is 10.4. The number of carbonyl (C=O) groups is 2. The number of aromatic nitrogens is 1. The van der Waals surface area contributed by atoms with Crippen molar-refractivity contribution >= 4 is 29.4 Å². The molecule has 0 fully saturated rings. The van der Waals surface area contributed by atoms with Gasteiger partial charge in [0.2, 0.25) is 0 Å². The highest BCUT2D eigenvalue weighted by Gasteiger charge is 2.06. The maximum atomic E-state index is 11.7. The lowest BCUT2D eigenvalue weighted by Gasteiger charge is -2.03. The van der Waals surface area contributed by atoms with Crippen molar-refractivity contribution in [2.45, 2.75) is 0 Å². The van der Waals surface area contributed by atoms with Crippen LogP contribution in [0.3, 0.4) is 0 Å². The highest BCUT2D eigenvalue weighted by Crippen LogP contribution is 2.03. The lowest BCUT2D eigenvalue weighted by atomic mass is 10.2. The van der Waals surface area contributed by atoms with Crippen LogP contribution in [0.15, 0.2) is 47.1 Å². The van der Waals surface area contributed by atoms with Gasteiger partial charge in [0.1, 0.15) is 0 Å². The van der Waals surface area contributed by atoms with E-state index in [1.165, 1.54) is 23.7 Å². The lowest BCUT2D eigenvalue weighted by Crippen LogP contribution is -2.34. The molecule has 0 saturated heterocycles. The molecule has 0 atom stereocenters. The topological polar surface area (TPSA) is 83.5 Å². The van der Waals surface area contributed by atoms with E-state index in [0.717, 1.165) is 4.88 Å². The molecule has 20 heavy (non-hydrogen) atoms. The van der Waals surface area contributed by atoms with Gasteiger partial charge in [0.25, 0.3) is 11.8 Å². The van der Waals surface area contributed by atoms with Gasteiger partial charge < -0.3 is 5.32 Å². The van der Waals surface area contributed by atoms with Gasteiger partial charge in [0.05, 0.1) is 12.8 Å². The predicted molar refractivity (Wildman–Crippen MR) is 76.6 cm³/mol. The Morgan fingerprint density at radius 2 is 2.10 bits per heavy atom. The van der Waals surface area contributed by atoms with Crippen LogP contribution < -0.4 is 10.7 Å². The third-order valence-electron chi connectivity index (χ3n) is 2.28. The Morgan fingerprint density at radius 1 is 1.30 bits per heavy atom. The smallest absolute Gasteiger partial charge is 0.259 e. The molecular formula is C13H12N4O2S. The van der Waals surface area contributed by atoms with Gasteiger partial charge in [-0.3, -0.25) is 14.6 Å². The second kappa shape index (κ2) is 7.15. The van der Waals surface area contributed by atoms with Crippen LogP contribution in [0.1, 0.15) is 15.2 Å². The molecule has 0 aromatic carbocycles. The molecule has 0 bridgehead atoms. The Hall–Kier alpha value is -2.54. The number of hydrogen-bond donors (Lipinski definition) is 2. The lowest BCUT2D eigenvalue weighted by molar-refractivity contribution is -0.120. The van der Waals surface area contributed by atoms with E-state index in [-0.39, 0.29) is 18.4 Å². The van der Waals surface area contributed by atoms with Crippen LogP contribution in [-0.4, -0.2) is 29.6 Å². The summed E-state index contributed by atoms with van der Waals surface area (Å²) in [5.41, 5.74) is 2.79. The fourth-order valence-electron chi connectivity index (χ4n) is 1.34. The van der Waals surface area contributed by atoms with Crippen molar-refractivity contribution in [3.05, 3.63) is 52.5 Å². The van der Waals surface area contributed by atoms with E-state index in [2.05, 4.69) is 20.8 Å². The average molecular weight is 288 g/mol. The summed E-state index contributed by atoms with van der Waals surface area (Å²) < 4.78 is 0. The monoisotopic (exact) mass is 288 g/mol. The Labute approximate surface area is 119 Å².